The van der Waals surface area contributed by atoms with E-state index >= 15 is 0 Å². The quantitative estimate of drug-likeness (QED) is 0.832. The largest absolute Gasteiger partial charge is 0.309 e. The summed E-state index contributed by atoms with van der Waals surface area (Å²) in [7, 11) is 0. The highest BCUT2D eigenvalue weighted by Crippen LogP contribution is 2.39. The molecular formula is C17H22FNS. The van der Waals surface area contributed by atoms with Crippen LogP contribution >= 0.6 is 11.3 Å². The van der Waals surface area contributed by atoms with Gasteiger partial charge in [0.15, 0.2) is 0 Å². The molecule has 0 radical (unpaired) electrons. The fraction of sp³-hybridized carbons (Fsp3) is 0.412. The fourth-order valence-electron chi connectivity index (χ4n) is 2.57. The maximum absolute atomic E-state index is 13.1. The predicted molar refractivity (Wildman–Crippen MR) is 84.9 cm³/mol. The molecule has 108 valence electrons. The number of aryl methyl sites for hydroxylation is 1. The van der Waals surface area contributed by atoms with Crippen molar-refractivity contribution in [2.75, 3.05) is 6.54 Å². The lowest BCUT2D eigenvalue weighted by atomic mass is 9.77. The van der Waals surface area contributed by atoms with Crippen LogP contribution in [-0.2, 0) is 5.41 Å². The van der Waals surface area contributed by atoms with Gasteiger partial charge in [-0.1, -0.05) is 32.9 Å². The number of hydrogen-bond acceptors (Lipinski definition) is 2. The first-order valence-electron chi connectivity index (χ1n) is 7.01. The van der Waals surface area contributed by atoms with Crippen molar-refractivity contribution in [1.29, 1.82) is 0 Å². The molecule has 0 spiro atoms. The Hall–Kier alpha value is -1.19. The van der Waals surface area contributed by atoms with Gasteiger partial charge in [-0.25, -0.2) is 4.39 Å². The summed E-state index contributed by atoms with van der Waals surface area (Å²) >= 11 is 1.82. The van der Waals surface area contributed by atoms with E-state index < -0.39 is 0 Å². The Morgan fingerprint density at radius 3 is 2.30 bits per heavy atom. The third-order valence-electron chi connectivity index (χ3n) is 3.76. The van der Waals surface area contributed by atoms with E-state index in [1.54, 1.807) is 12.1 Å². The summed E-state index contributed by atoms with van der Waals surface area (Å²) in [6, 6.07) is 11.4. The monoisotopic (exact) mass is 291 g/mol. The van der Waals surface area contributed by atoms with Gasteiger partial charge in [0.05, 0.1) is 6.04 Å². The smallest absolute Gasteiger partial charge is 0.123 e. The number of halogens is 1. The standard InChI is InChI=1S/C17H22FNS/c1-5-19-16(15-11-6-12(2)20-15)17(3,4)13-7-9-14(18)10-8-13/h6-11,16,19H,5H2,1-4H3. The first-order chi connectivity index (χ1) is 9.45. The molecule has 1 nitrogen and oxygen atoms in total. The molecule has 2 aromatic rings. The lowest BCUT2D eigenvalue weighted by molar-refractivity contribution is 0.358. The summed E-state index contributed by atoms with van der Waals surface area (Å²) in [5, 5.41) is 3.58. The molecule has 2 rings (SSSR count). The van der Waals surface area contributed by atoms with Gasteiger partial charge < -0.3 is 5.32 Å². The maximum Gasteiger partial charge on any atom is 0.123 e. The molecule has 1 N–H and O–H groups in total. The molecule has 1 heterocycles. The van der Waals surface area contributed by atoms with Crippen LogP contribution in [0, 0.1) is 12.7 Å². The number of likely N-dealkylation sites (N-methyl/N-ethyl adjacent to an activating group) is 1. The van der Waals surface area contributed by atoms with Gasteiger partial charge in [0, 0.05) is 15.2 Å². The Bertz CT molecular complexity index is 557. The van der Waals surface area contributed by atoms with E-state index in [2.05, 4.69) is 45.1 Å². The molecule has 0 aliphatic rings. The number of thiophene rings is 1. The third-order valence-corrected chi connectivity index (χ3v) is 4.83. The van der Waals surface area contributed by atoms with Crippen LogP contribution in [-0.4, -0.2) is 6.54 Å². The molecule has 0 bridgehead atoms. The molecule has 1 unspecified atom stereocenters. The topological polar surface area (TPSA) is 12.0 Å². The molecular weight excluding hydrogens is 269 g/mol. The van der Waals surface area contributed by atoms with Crippen molar-refractivity contribution < 1.29 is 4.39 Å². The molecule has 0 amide bonds. The number of benzene rings is 1. The van der Waals surface area contributed by atoms with Crippen LogP contribution in [0.15, 0.2) is 36.4 Å². The summed E-state index contributed by atoms with van der Waals surface area (Å²) in [6.45, 7) is 9.58. The second-order valence-corrected chi connectivity index (χ2v) is 6.99. The van der Waals surface area contributed by atoms with Crippen LogP contribution in [0.2, 0.25) is 0 Å². The molecule has 1 aromatic heterocycles. The zero-order valence-electron chi connectivity index (χ0n) is 12.5. The van der Waals surface area contributed by atoms with Crippen molar-refractivity contribution in [2.24, 2.45) is 0 Å². The Morgan fingerprint density at radius 2 is 1.80 bits per heavy atom. The van der Waals surface area contributed by atoms with Crippen LogP contribution < -0.4 is 5.32 Å². The summed E-state index contributed by atoms with van der Waals surface area (Å²) in [5.41, 5.74) is 1.05. The summed E-state index contributed by atoms with van der Waals surface area (Å²) < 4.78 is 13.1. The van der Waals surface area contributed by atoms with Crippen LogP contribution in [0.4, 0.5) is 4.39 Å². The lowest BCUT2D eigenvalue weighted by Crippen LogP contribution is -2.36. The summed E-state index contributed by atoms with van der Waals surface area (Å²) in [6.07, 6.45) is 0. The van der Waals surface area contributed by atoms with Crippen molar-refractivity contribution >= 4 is 11.3 Å². The van der Waals surface area contributed by atoms with E-state index in [-0.39, 0.29) is 17.3 Å². The molecule has 0 aliphatic heterocycles. The first kappa shape index (κ1) is 15.2. The average Bonchev–Trinajstić information content (AvgIpc) is 2.82. The zero-order chi connectivity index (χ0) is 14.8. The minimum Gasteiger partial charge on any atom is -0.309 e. The minimum atomic E-state index is -0.184. The van der Waals surface area contributed by atoms with E-state index in [1.165, 1.54) is 9.75 Å². The molecule has 0 fully saturated rings. The Kier molecular flexibility index (Phi) is 4.61. The third kappa shape index (κ3) is 3.10. The number of nitrogens with one attached hydrogen (secondary N) is 1. The van der Waals surface area contributed by atoms with E-state index in [9.17, 15) is 4.39 Å². The van der Waals surface area contributed by atoms with E-state index in [1.807, 2.05) is 23.5 Å². The normalized spacial score (nSPS) is 13.4. The van der Waals surface area contributed by atoms with Crippen molar-refractivity contribution in [3.8, 4) is 0 Å². The highest BCUT2D eigenvalue weighted by atomic mass is 32.1. The van der Waals surface area contributed by atoms with Crippen LogP contribution in [0.3, 0.4) is 0 Å². The van der Waals surface area contributed by atoms with Crippen LogP contribution in [0.1, 0.15) is 42.1 Å². The average molecular weight is 291 g/mol. The molecule has 20 heavy (non-hydrogen) atoms. The fourth-order valence-corrected chi connectivity index (χ4v) is 3.71. The number of rotatable bonds is 5. The zero-order valence-corrected chi connectivity index (χ0v) is 13.4. The summed E-state index contributed by atoms with van der Waals surface area (Å²) in [5.74, 6) is -0.184. The van der Waals surface area contributed by atoms with Crippen molar-refractivity contribution in [3.05, 3.63) is 57.5 Å². The van der Waals surface area contributed by atoms with Gasteiger partial charge in [0.2, 0.25) is 0 Å². The lowest BCUT2D eigenvalue weighted by Gasteiger charge is -2.35. The van der Waals surface area contributed by atoms with E-state index in [0.717, 1.165) is 12.1 Å². The summed E-state index contributed by atoms with van der Waals surface area (Å²) in [4.78, 5) is 2.65. The van der Waals surface area contributed by atoms with Crippen molar-refractivity contribution in [3.63, 3.8) is 0 Å². The Balaban J connectivity index is 2.38. The van der Waals surface area contributed by atoms with E-state index in [4.69, 9.17) is 0 Å². The second kappa shape index (κ2) is 6.06. The molecule has 3 heteroatoms. The van der Waals surface area contributed by atoms with E-state index in [0.29, 0.717) is 0 Å². The van der Waals surface area contributed by atoms with Crippen molar-refractivity contribution in [2.45, 2.75) is 39.2 Å². The van der Waals surface area contributed by atoms with Gasteiger partial charge >= 0.3 is 0 Å². The van der Waals surface area contributed by atoms with Gasteiger partial charge in [-0.05, 0) is 43.3 Å². The van der Waals surface area contributed by atoms with Gasteiger partial charge in [0.25, 0.3) is 0 Å². The van der Waals surface area contributed by atoms with Crippen LogP contribution in [0.25, 0.3) is 0 Å². The molecule has 1 aromatic carbocycles. The highest BCUT2D eigenvalue weighted by molar-refractivity contribution is 7.12. The van der Waals surface area contributed by atoms with Gasteiger partial charge in [-0.2, -0.15) is 0 Å². The molecule has 1 atom stereocenters. The van der Waals surface area contributed by atoms with Gasteiger partial charge in [-0.15, -0.1) is 11.3 Å². The molecule has 0 saturated carbocycles. The minimum absolute atomic E-state index is 0.0962. The van der Waals surface area contributed by atoms with Gasteiger partial charge in [0.1, 0.15) is 5.82 Å². The molecule has 0 aliphatic carbocycles. The Labute approximate surface area is 124 Å². The van der Waals surface area contributed by atoms with Crippen molar-refractivity contribution in [1.82, 2.24) is 5.32 Å². The molecule has 0 saturated heterocycles. The van der Waals surface area contributed by atoms with Crippen LogP contribution in [0.5, 0.6) is 0 Å². The first-order valence-corrected chi connectivity index (χ1v) is 7.82. The predicted octanol–water partition coefficient (Wildman–Crippen LogP) is 4.82. The second-order valence-electron chi connectivity index (χ2n) is 5.67. The maximum atomic E-state index is 13.1. The number of hydrogen-bond donors (Lipinski definition) is 1. The Morgan fingerprint density at radius 1 is 1.15 bits per heavy atom. The highest BCUT2D eigenvalue weighted by Gasteiger charge is 2.32. The van der Waals surface area contributed by atoms with Gasteiger partial charge in [-0.3, -0.25) is 0 Å². The SMILES string of the molecule is CCNC(c1ccc(C)s1)C(C)(C)c1ccc(F)cc1.